The minimum atomic E-state index is -0.529. The molecule has 0 aromatic rings. The van der Waals surface area contributed by atoms with Crippen molar-refractivity contribution in [3.63, 3.8) is 0 Å². The minimum Gasteiger partial charge on any atom is -0.462 e. The van der Waals surface area contributed by atoms with Gasteiger partial charge in [-0.1, -0.05) is 238 Å². The largest absolute Gasteiger partial charge is 0.462 e. The summed E-state index contributed by atoms with van der Waals surface area (Å²) in [7, 11) is 0. The Balaban J connectivity index is 4.12. The van der Waals surface area contributed by atoms with Crippen LogP contribution in [0.5, 0.6) is 0 Å². The van der Waals surface area contributed by atoms with Crippen molar-refractivity contribution >= 4 is 11.9 Å². The number of esters is 2. The number of rotatable bonds is 48. The molecule has 0 radical (unpaired) electrons. The van der Waals surface area contributed by atoms with Crippen molar-refractivity contribution in [1.29, 1.82) is 0 Å². The fraction of sp³-hybridized carbons (Fsp3) is 0.887. The van der Waals surface area contributed by atoms with Crippen LogP contribution in [0.1, 0.15) is 278 Å². The van der Waals surface area contributed by atoms with Gasteiger partial charge < -0.3 is 14.2 Å². The first kappa shape index (κ1) is 56.4. The number of unbranched alkanes of at least 4 members (excludes halogenated alkanes) is 33. The third kappa shape index (κ3) is 47.1. The Labute approximate surface area is 362 Å². The molecular weight excluding hydrogens is 717 g/mol. The van der Waals surface area contributed by atoms with Gasteiger partial charge in [-0.05, 0) is 51.4 Å². The van der Waals surface area contributed by atoms with Crippen LogP contribution in [0.15, 0.2) is 24.3 Å². The first-order valence-corrected chi connectivity index (χ1v) is 25.9. The minimum absolute atomic E-state index is 0.0880. The lowest BCUT2D eigenvalue weighted by molar-refractivity contribution is -0.163. The maximum absolute atomic E-state index is 12.8. The molecule has 0 amide bonds. The molecule has 5 nitrogen and oxygen atoms in total. The molecule has 58 heavy (non-hydrogen) atoms. The standard InChI is InChI=1S/C53H100O5/c1-4-7-10-13-16-19-21-23-25-27-29-31-33-35-37-40-43-46-52(54)57-50-51(49-56-48-45-42-39-18-15-12-9-6-3)58-53(55)47-44-41-38-36-34-32-30-28-26-24-22-20-17-14-11-8-5-2/h16,19,23,25,51H,4-15,17-18,20-22,24,26-50H2,1-3H3/b19-16-,25-23-. The highest BCUT2D eigenvalue weighted by molar-refractivity contribution is 5.70. The van der Waals surface area contributed by atoms with E-state index in [0.29, 0.717) is 26.1 Å². The van der Waals surface area contributed by atoms with Crippen molar-refractivity contribution in [2.75, 3.05) is 19.8 Å². The van der Waals surface area contributed by atoms with Crippen LogP contribution >= 0.6 is 0 Å². The molecule has 0 aliphatic rings. The Morgan fingerprint density at radius 3 is 1.17 bits per heavy atom. The highest BCUT2D eigenvalue weighted by Crippen LogP contribution is 2.16. The Morgan fingerprint density at radius 1 is 0.379 bits per heavy atom. The smallest absolute Gasteiger partial charge is 0.306 e. The van der Waals surface area contributed by atoms with E-state index in [1.807, 2.05) is 0 Å². The lowest BCUT2D eigenvalue weighted by Gasteiger charge is -2.18. The summed E-state index contributed by atoms with van der Waals surface area (Å²) in [6, 6.07) is 0. The second-order valence-corrected chi connectivity index (χ2v) is 17.4. The summed E-state index contributed by atoms with van der Waals surface area (Å²) >= 11 is 0. The van der Waals surface area contributed by atoms with Gasteiger partial charge in [0.1, 0.15) is 6.61 Å². The van der Waals surface area contributed by atoms with E-state index in [2.05, 4.69) is 45.1 Å². The summed E-state index contributed by atoms with van der Waals surface area (Å²) in [6.07, 6.45) is 57.6. The molecule has 0 spiro atoms. The predicted molar refractivity (Wildman–Crippen MR) is 252 cm³/mol. The van der Waals surface area contributed by atoms with Crippen LogP contribution < -0.4 is 0 Å². The van der Waals surface area contributed by atoms with E-state index in [1.165, 1.54) is 199 Å². The molecule has 0 fully saturated rings. The van der Waals surface area contributed by atoms with Crippen LogP contribution in [0, 0.1) is 0 Å². The molecule has 0 N–H and O–H groups in total. The predicted octanol–water partition coefficient (Wildman–Crippen LogP) is 17.2. The second-order valence-electron chi connectivity index (χ2n) is 17.4. The average Bonchev–Trinajstić information content (AvgIpc) is 3.22. The maximum Gasteiger partial charge on any atom is 0.306 e. The zero-order valence-corrected chi connectivity index (χ0v) is 39.3. The summed E-state index contributed by atoms with van der Waals surface area (Å²) in [5.74, 6) is -0.390. The molecule has 0 saturated heterocycles. The zero-order valence-electron chi connectivity index (χ0n) is 39.3. The first-order valence-electron chi connectivity index (χ1n) is 25.9. The fourth-order valence-corrected chi connectivity index (χ4v) is 7.60. The lowest BCUT2D eigenvalue weighted by atomic mass is 10.0. The number of hydrogen-bond acceptors (Lipinski definition) is 5. The molecule has 0 bridgehead atoms. The van der Waals surface area contributed by atoms with E-state index in [1.54, 1.807) is 0 Å². The van der Waals surface area contributed by atoms with Crippen molar-refractivity contribution in [1.82, 2.24) is 0 Å². The van der Waals surface area contributed by atoms with Crippen LogP contribution in [-0.2, 0) is 23.8 Å². The van der Waals surface area contributed by atoms with Crippen LogP contribution in [0.4, 0.5) is 0 Å². The van der Waals surface area contributed by atoms with Gasteiger partial charge in [0.25, 0.3) is 0 Å². The summed E-state index contributed by atoms with van der Waals surface area (Å²) in [4.78, 5) is 25.3. The van der Waals surface area contributed by atoms with Crippen LogP contribution in [0.3, 0.4) is 0 Å². The molecule has 1 atom stereocenters. The van der Waals surface area contributed by atoms with Crippen molar-refractivity contribution in [2.24, 2.45) is 0 Å². The number of carbonyl (C=O) groups is 2. The zero-order chi connectivity index (χ0) is 42.1. The molecule has 342 valence electrons. The van der Waals surface area contributed by atoms with E-state index in [-0.39, 0.29) is 18.5 Å². The molecule has 0 aliphatic heterocycles. The Kier molecular flexibility index (Phi) is 48.4. The van der Waals surface area contributed by atoms with Gasteiger partial charge in [0.15, 0.2) is 6.10 Å². The highest BCUT2D eigenvalue weighted by Gasteiger charge is 2.17. The number of carbonyl (C=O) groups excluding carboxylic acids is 2. The van der Waals surface area contributed by atoms with Crippen LogP contribution in [-0.4, -0.2) is 37.9 Å². The molecular formula is C53H100O5. The molecule has 0 heterocycles. The van der Waals surface area contributed by atoms with Crippen LogP contribution in [0.2, 0.25) is 0 Å². The van der Waals surface area contributed by atoms with E-state index >= 15 is 0 Å². The van der Waals surface area contributed by atoms with Crippen molar-refractivity contribution in [2.45, 2.75) is 284 Å². The highest BCUT2D eigenvalue weighted by atomic mass is 16.6. The summed E-state index contributed by atoms with van der Waals surface area (Å²) in [6.45, 7) is 7.83. The number of ether oxygens (including phenoxy) is 3. The van der Waals surface area contributed by atoms with Crippen molar-refractivity contribution in [3.8, 4) is 0 Å². The third-order valence-corrected chi connectivity index (χ3v) is 11.5. The van der Waals surface area contributed by atoms with E-state index in [0.717, 1.165) is 44.9 Å². The average molecular weight is 817 g/mol. The topological polar surface area (TPSA) is 61.8 Å². The third-order valence-electron chi connectivity index (χ3n) is 11.5. The molecule has 0 aromatic carbocycles. The van der Waals surface area contributed by atoms with Gasteiger partial charge in [-0.2, -0.15) is 0 Å². The molecule has 0 rings (SSSR count). The molecule has 5 heteroatoms. The van der Waals surface area contributed by atoms with Gasteiger partial charge in [0.05, 0.1) is 6.61 Å². The number of hydrogen-bond donors (Lipinski definition) is 0. The van der Waals surface area contributed by atoms with Crippen molar-refractivity contribution < 1.29 is 23.8 Å². The van der Waals surface area contributed by atoms with Gasteiger partial charge in [-0.25, -0.2) is 0 Å². The van der Waals surface area contributed by atoms with E-state index < -0.39 is 6.10 Å². The summed E-state index contributed by atoms with van der Waals surface area (Å²) in [5.41, 5.74) is 0. The molecule has 1 unspecified atom stereocenters. The number of allylic oxidation sites excluding steroid dienone is 4. The van der Waals surface area contributed by atoms with Gasteiger partial charge in [0.2, 0.25) is 0 Å². The maximum atomic E-state index is 12.8. The van der Waals surface area contributed by atoms with Gasteiger partial charge in [0, 0.05) is 19.4 Å². The Hall–Kier alpha value is -1.62. The van der Waals surface area contributed by atoms with Crippen molar-refractivity contribution in [3.05, 3.63) is 24.3 Å². The molecule has 0 aromatic heterocycles. The second kappa shape index (κ2) is 49.7. The Bertz CT molecular complexity index is 882. The first-order chi connectivity index (χ1) is 28.6. The van der Waals surface area contributed by atoms with Crippen LogP contribution in [0.25, 0.3) is 0 Å². The normalized spacial score (nSPS) is 12.3. The monoisotopic (exact) mass is 817 g/mol. The lowest BCUT2D eigenvalue weighted by Crippen LogP contribution is -2.30. The summed E-state index contributed by atoms with van der Waals surface area (Å²) < 4.78 is 17.3. The van der Waals surface area contributed by atoms with E-state index in [4.69, 9.17) is 14.2 Å². The quantitative estimate of drug-likeness (QED) is 0.0348. The van der Waals surface area contributed by atoms with Gasteiger partial charge >= 0.3 is 11.9 Å². The molecule has 0 saturated carbocycles. The fourth-order valence-electron chi connectivity index (χ4n) is 7.60. The molecule has 0 aliphatic carbocycles. The summed E-state index contributed by atoms with van der Waals surface area (Å²) in [5, 5.41) is 0. The van der Waals surface area contributed by atoms with Gasteiger partial charge in [-0.15, -0.1) is 0 Å². The SMILES string of the molecule is CCCCC/C=C\C/C=C\CCCCCCCCCC(=O)OCC(COCCCCCCCCCC)OC(=O)CCCCCCCCCCCCCCCCCCC. The van der Waals surface area contributed by atoms with E-state index in [9.17, 15) is 9.59 Å². The van der Waals surface area contributed by atoms with Gasteiger partial charge in [-0.3, -0.25) is 9.59 Å². The Morgan fingerprint density at radius 2 is 0.724 bits per heavy atom.